The van der Waals surface area contributed by atoms with Crippen molar-refractivity contribution in [2.75, 3.05) is 107 Å². The van der Waals surface area contributed by atoms with E-state index in [9.17, 15) is 0 Å². The Morgan fingerprint density at radius 1 is 0.792 bits per heavy atom. The number of methoxy groups -OCH3 is 1. The van der Waals surface area contributed by atoms with E-state index in [1.807, 2.05) is 14.1 Å². The Labute approximate surface area is 149 Å². The van der Waals surface area contributed by atoms with E-state index >= 15 is 0 Å². The van der Waals surface area contributed by atoms with E-state index in [1.165, 1.54) is 0 Å². The summed E-state index contributed by atoms with van der Waals surface area (Å²) in [5.41, 5.74) is 0. The van der Waals surface area contributed by atoms with E-state index in [0.717, 1.165) is 39.5 Å². The zero-order valence-electron chi connectivity index (χ0n) is 15.4. The molecule has 0 aromatic rings. The van der Waals surface area contributed by atoms with Gasteiger partial charge in [0.2, 0.25) is 0 Å². The molecule has 1 aliphatic heterocycles. The maximum Gasteiger partial charge on any atom is 0.0701 e. The van der Waals surface area contributed by atoms with Crippen LogP contribution < -0.4 is 0 Å². The molecule has 1 aliphatic rings. The van der Waals surface area contributed by atoms with Crippen LogP contribution in [0.4, 0.5) is 0 Å². The van der Waals surface area contributed by atoms with Crippen LogP contribution in [0, 0.1) is 0 Å². The maximum absolute atomic E-state index is 5.43. The molecule has 1 heterocycles. The largest absolute Gasteiger partial charge is 0.383 e. The minimum absolute atomic E-state index is 0. The Morgan fingerprint density at radius 2 is 1.17 bits per heavy atom. The fraction of sp³-hybridized carbons (Fsp3) is 1.00. The number of likely N-dealkylation sites (N-methyl/N-ethyl adjacent to an activating group) is 2. The van der Waals surface area contributed by atoms with E-state index in [2.05, 4.69) is 16.8 Å². The van der Waals surface area contributed by atoms with Gasteiger partial charge in [0.05, 0.1) is 59.5 Å². The highest BCUT2D eigenvalue weighted by atomic mass is 16.6. The molecular weight excluding hydrogens is 312 g/mol. The molecule has 1 rings (SSSR count). The Hall–Kier alpha value is -0.280. The number of ether oxygens (including phenoxy) is 5. The molecule has 148 valence electrons. The first kappa shape index (κ1) is 26.0. The lowest BCUT2D eigenvalue weighted by molar-refractivity contribution is 0.00206. The molecule has 0 saturated carbocycles. The van der Waals surface area contributed by atoms with Crippen molar-refractivity contribution in [3.05, 3.63) is 0 Å². The van der Waals surface area contributed by atoms with Crippen LogP contribution in [0.15, 0.2) is 0 Å². The molecule has 1 fully saturated rings. The molecule has 0 atom stereocenters. The molecule has 0 bridgehead atoms. The smallest absolute Gasteiger partial charge is 0.0701 e. The van der Waals surface area contributed by atoms with Crippen LogP contribution >= 0.6 is 0 Å². The van der Waals surface area contributed by atoms with Crippen molar-refractivity contribution in [2.24, 2.45) is 0 Å². The van der Waals surface area contributed by atoms with Crippen LogP contribution in [0.5, 0.6) is 0 Å². The van der Waals surface area contributed by atoms with Crippen LogP contribution in [-0.2, 0) is 23.7 Å². The number of hydrogen-bond acceptors (Lipinski definition) is 7. The molecule has 1 saturated heterocycles. The van der Waals surface area contributed by atoms with Gasteiger partial charge in [-0.3, -0.25) is 0 Å². The van der Waals surface area contributed by atoms with E-state index in [1.54, 1.807) is 7.11 Å². The highest BCUT2D eigenvalue weighted by molar-refractivity contribution is 4.50. The predicted octanol–water partition coefficient (Wildman–Crippen LogP) is 0.829. The Balaban J connectivity index is 0. The van der Waals surface area contributed by atoms with Gasteiger partial charge in [-0.15, -0.1) is 0 Å². The molecule has 0 aromatic heterocycles. The standard InChI is InChI=1S/C11H23NO4.C5H13NO.CH4/c1-12-2-4-13-6-8-15-10-11-16-9-7-14-5-3-12;1-6(2)4-5-7-3;/h2-11H2,1H3;4-5H2,1-3H3;1H4. The van der Waals surface area contributed by atoms with Crippen molar-refractivity contribution < 1.29 is 23.7 Å². The molecular formula is C17H40N2O5. The van der Waals surface area contributed by atoms with Gasteiger partial charge >= 0.3 is 0 Å². The first-order valence-corrected chi connectivity index (χ1v) is 8.30. The van der Waals surface area contributed by atoms with Crippen LogP contribution in [0.25, 0.3) is 0 Å². The first-order valence-electron chi connectivity index (χ1n) is 8.30. The molecule has 0 N–H and O–H groups in total. The van der Waals surface area contributed by atoms with Gasteiger partial charge in [0.1, 0.15) is 0 Å². The number of nitrogens with zero attached hydrogens (tertiary/aromatic N) is 2. The molecule has 0 aromatic carbocycles. The summed E-state index contributed by atoms with van der Waals surface area (Å²) in [6.07, 6.45) is 0. The normalized spacial score (nSPS) is 19.4. The highest BCUT2D eigenvalue weighted by Crippen LogP contribution is 1.88. The van der Waals surface area contributed by atoms with Crippen molar-refractivity contribution >= 4 is 0 Å². The third-order valence-electron chi connectivity index (χ3n) is 3.09. The summed E-state index contributed by atoms with van der Waals surface area (Å²) in [7, 11) is 7.83. The minimum atomic E-state index is 0. The topological polar surface area (TPSA) is 52.6 Å². The average Bonchev–Trinajstić information content (AvgIpc) is 2.54. The molecule has 0 radical (unpaired) electrons. The van der Waals surface area contributed by atoms with Crippen molar-refractivity contribution in [3.8, 4) is 0 Å². The quantitative estimate of drug-likeness (QED) is 0.746. The number of rotatable bonds is 3. The fourth-order valence-corrected chi connectivity index (χ4v) is 1.59. The van der Waals surface area contributed by atoms with Gasteiger partial charge in [0, 0.05) is 26.7 Å². The highest BCUT2D eigenvalue weighted by Gasteiger charge is 1.99. The van der Waals surface area contributed by atoms with E-state index in [-0.39, 0.29) is 7.43 Å². The Bertz CT molecular complexity index is 217. The summed E-state index contributed by atoms with van der Waals surface area (Å²) in [5, 5.41) is 0. The van der Waals surface area contributed by atoms with Crippen molar-refractivity contribution in [1.29, 1.82) is 0 Å². The van der Waals surface area contributed by atoms with Crippen LogP contribution in [0.2, 0.25) is 0 Å². The lowest BCUT2D eigenvalue weighted by Crippen LogP contribution is -2.27. The van der Waals surface area contributed by atoms with Gasteiger partial charge in [0.15, 0.2) is 0 Å². The van der Waals surface area contributed by atoms with Crippen LogP contribution in [0.1, 0.15) is 7.43 Å². The Morgan fingerprint density at radius 3 is 1.46 bits per heavy atom. The lowest BCUT2D eigenvalue weighted by atomic mass is 10.5. The lowest BCUT2D eigenvalue weighted by Gasteiger charge is -2.16. The van der Waals surface area contributed by atoms with Crippen LogP contribution in [0.3, 0.4) is 0 Å². The third-order valence-corrected chi connectivity index (χ3v) is 3.09. The maximum atomic E-state index is 5.43. The molecule has 24 heavy (non-hydrogen) atoms. The van der Waals surface area contributed by atoms with Gasteiger partial charge in [-0.25, -0.2) is 0 Å². The molecule has 0 spiro atoms. The average molecular weight is 353 g/mol. The summed E-state index contributed by atoms with van der Waals surface area (Å²) in [4.78, 5) is 4.28. The second-order valence-electron chi connectivity index (χ2n) is 5.55. The molecule has 0 aliphatic carbocycles. The fourth-order valence-electron chi connectivity index (χ4n) is 1.59. The van der Waals surface area contributed by atoms with E-state index in [4.69, 9.17) is 23.7 Å². The zero-order valence-corrected chi connectivity index (χ0v) is 15.4. The minimum Gasteiger partial charge on any atom is -0.383 e. The van der Waals surface area contributed by atoms with Crippen molar-refractivity contribution in [3.63, 3.8) is 0 Å². The summed E-state index contributed by atoms with van der Waals surface area (Å²) < 4.78 is 26.3. The van der Waals surface area contributed by atoms with E-state index < -0.39 is 0 Å². The van der Waals surface area contributed by atoms with Gasteiger partial charge in [-0.2, -0.15) is 0 Å². The van der Waals surface area contributed by atoms with Crippen LogP contribution in [-0.4, -0.2) is 117 Å². The second-order valence-corrected chi connectivity index (χ2v) is 5.55. The van der Waals surface area contributed by atoms with Gasteiger partial charge in [-0.1, -0.05) is 7.43 Å². The molecule has 7 heteroatoms. The van der Waals surface area contributed by atoms with Crippen molar-refractivity contribution in [1.82, 2.24) is 9.80 Å². The monoisotopic (exact) mass is 352 g/mol. The molecule has 0 unspecified atom stereocenters. The third kappa shape index (κ3) is 21.7. The molecule has 0 amide bonds. The second kappa shape index (κ2) is 20.8. The number of hydrogen-bond donors (Lipinski definition) is 0. The molecule has 7 nitrogen and oxygen atoms in total. The van der Waals surface area contributed by atoms with Gasteiger partial charge in [0.25, 0.3) is 0 Å². The van der Waals surface area contributed by atoms with Gasteiger partial charge in [-0.05, 0) is 21.1 Å². The SMILES string of the molecule is C.CN1CCOCCOCCOCCOCC1.COCCN(C)C. The summed E-state index contributed by atoms with van der Waals surface area (Å²) in [5.74, 6) is 0. The predicted molar refractivity (Wildman–Crippen MR) is 97.9 cm³/mol. The first-order chi connectivity index (χ1) is 11.2. The summed E-state index contributed by atoms with van der Waals surface area (Å²) in [6, 6.07) is 0. The summed E-state index contributed by atoms with van der Waals surface area (Å²) in [6.45, 7) is 9.05. The summed E-state index contributed by atoms with van der Waals surface area (Å²) >= 11 is 0. The Kier molecular flexibility index (Phi) is 22.5. The van der Waals surface area contributed by atoms with Crippen molar-refractivity contribution in [2.45, 2.75) is 7.43 Å². The van der Waals surface area contributed by atoms with Gasteiger partial charge < -0.3 is 33.5 Å². The van der Waals surface area contributed by atoms with E-state index in [0.29, 0.717) is 39.6 Å². The zero-order chi connectivity index (χ0) is 17.2.